The van der Waals surface area contributed by atoms with E-state index in [2.05, 4.69) is 5.16 Å². The molecule has 0 aliphatic heterocycles. The smallest absolute Gasteiger partial charge is 0.341 e. The maximum Gasteiger partial charge on any atom is 0.341 e. The predicted octanol–water partition coefficient (Wildman–Crippen LogP) is 2.83. The molecule has 17 heavy (non-hydrogen) atoms. The molecule has 0 aromatic carbocycles. The molecule has 0 aliphatic rings. The second-order valence-corrected chi connectivity index (χ2v) is 4.21. The van der Waals surface area contributed by atoms with Gasteiger partial charge in [0.1, 0.15) is 5.56 Å². The largest absolute Gasteiger partial charge is 0.477 e. The van der Waals surface area contributed by atoms with Crippen molar-refractivity contribution in [3.63, 3.8) is 0 Å². The molecular formula is C12H13NO4. The normalized spacial score (nSPS) is 11.0. The van der Waals surface area contributed by atoms with Gasteiger partial charge >= 0.3 is 5.97 Å². The summed E-state index contributed by atoms with van der Waals surface area (Å²) >= 11 is 0. The van der Waals surface area contributed by atoms with Crippen LogP contribution in [0.1, 0.15) is 30.0 Å². The van der Waals surface area contributed by atoms with Crippen LogP contribution in [-0.2, 0) is 6.42 Å². The number of carbonyl (C=O) groups is 1. The third kappa shape index (κ3) is 2.22. The average molecular weight is 235 g/mol. The van der Waals surface area contributed by atoms with Crippen molar-refractivity contribution in [2.24, 2.45) is 5.92 Å². The van der Waals surface area contributed by atoms with Crippen LogP contribution in [0.15, 0.2) is 27.3 Å². The van der Waals surface area contributed by atoms with Crippen LogP contribution >= 0.6 is 0 Å². The van der Waals surface area contributed by atoms with Gasteiger partial charge < -0.3 is 14.0 Å². The molecule has 0 saturated heterocycles. The first-order valence-corrected chi connectivity index (χ1v) is 5.35. The quantitative estimate of drug-likeness (QED) is 0.881. The van der Waals surface area contributed by atoms with E-state index in [1.165, 1.54) is 6.26 Å². The van der Waals surface area contributed by atoms with Crippen molar-refractivity contribution < 1.29 is 18.8 Å². The zero-order valence-electron chi connectivity index (χ0n) is 9.64. The SMILES string of the molecule is CC(C)Cc1onc(-c2ccco2)c1C(=O)O. The topological polar surface area (TPSA) is 76.5 Å². The zero-order valence-corrected chi connectivity index (χ0v) is 9.64. The summed E-state index contributed by atoms with van der Waals surface area (Å²) in [4.78, 5) is 11.2. The third-order valence-electron chi connectivity index (χ3n) is 2.32. The number of furan rings is 1. The summed E-state index contributed by atoms with van der Waals surface area (Å²) in [6, 6.07) is 3.33. The van der Waals surface area contributed by atoms with E-state index in [1.807, 2.05) is 13.8 Å². The number of aromatic nitrogens is 1. The number of carboxylic acids is 1. The molecule has 2 aromatic heterocycles. The van der Waals surface area contributed by atoms with E-state index in [9.17, 15) is 9.90 Å². The molecule has 2 rings (SSSR count). The fraction of sp³-hybridized carbons (Fsp3) is 0.333. The van der Waals surface area contributed by atoms with Gasteiger partial charge in [-0.3, -0.25) is 0 Å². The summed E-state index contributed by atoms with van der Waals surface area (Å²) in [6.07, 6.45) is 2.01. The molecule has 0 aliphatic carbocycles. The van der Waals surface area contributed by atoms with Crippen molar-refractivity contribution >= 4 is 5.97 Å². The fourth-order valence-electron chi connectivity index (χ4n) is 1.64. The minimum absolute atomic E-state index is 0.0913. The number of aromatic carboxylic acids is 1. The van der Waals surface area contributed by atoms with Crippen LogP contribution in [0.4, 0.5) is 0 Å². The van der Waals surface area contributed by atoms with Crippen molar-refractivity contribution in [2.45, 2.75) is 20.3 Å². The Bertz CT molecular complexity index is 511. The molecule has 1 N–H and O–H groups in total. The van der Waals surface area contributed by atoms with Crippen LogP contribution in [0.2, 0.25) is 0 Å². The Morgan fingerprint density at radius 1 is 1.53 bits per heavy atom. The molecule has 0 bridgehead atoms. The van der Waals surface area contributed by atoms with E-state index in [-0.39, 0.29) is 11.3 Å². The molecule has 5 heteroatoms. The third-order valence-corrected chi connectivity index (χ3v) is 2.32. The summed E-state index contributed by atoms with van der Waals surface area (Å²) < 4.78 is 10.2. The minimum atomic E-state index is -1.05. The molecule has 90 valence electrons. The summed E-state index contributed by atoms with van der Waals surface area (Å²) in [6.45, 7) is 3.97. The first-order chi connectivity index (χ1) is 8.09. The van der Waals surface area contributed by atoms with Gasteiger partial charge in [0.05, 0.1) is 6.26 Å². The van der Waals surface area contributed by atoms with E-state index in [4.69, 9.17) is 8.94 Å². The Morgan fingerprint density at radius 2 is 2.29 bits per heavy atom. The van der Waals surface area contributed by atoms with Gasteiger partial charge in [0.25, 0.3) is 0 Å². The fourth-order valence-corrected chi connectivity index (χ4v) is 1.64. The van der Waals surface area contributed by atoms with Gasteiger partial charge in [-0.2, -0.15) is 0 Å². The van der Waals surface area contributed by atoms with Crippen molar-refractivity contribution in [1.82, 2.24) is 5.16 Å². The number of hydrogen-bond acceptors (Lipinski definition) is 4. The summed E-state index contributed by atoms with van der Waals surface area (Å²) in [5.41, 5.74) is 0.340. The molecule has 0 saturated carbocycles. The van der Waals surface area contributed by atoms with Gasteiger partial charge in [0.15, 0.2) is 17.2 Å². The second-order valence-electron chi connectivity index (χ2n) is 4.21. The van der Waals surface area contributed by atoms with E-state index in [0.29, 0.717) is 23.9 Å². The Kier molecular flexibility index (Phi) is 2.99. The van der Waals surface area contributed by atoms with Gasteiger partial charge in [0, 0.05) is 6.42 Å². The Labute approximate surface area is 98.0 Å². The summed E-state index contributed by atoms with van der Waals surface area (Å²) in [5, 5.41) is 13.0. The van der Waals surface area contributed by atoms with Gasteiger partial charge in [-0.25, -0.2) is 4.79 Å². The van der Waals surface area contributed by atoms with Crippen molar-refractivity contribution in [1.29, 1.82) is 0 Å². The molecule has 0 unspecified atom stereocenters. The number of carboxylic acid groups (broad SMARTS) is 1. The highest BCUT2D eigenvalue weighted by Gasteiger charge is 2.25. The molecule has 2 aromatic rings. The predicted molar refractivity (Wildman–Crippen MR) is 59.7 cm³/mol. The van der Waals surface area contributed by atoms with Gasteiger partial charge in [-0.05, 0) is 18.1 Å². The van der Waals surface area contributed by atoms with Crippen LogP contribution in [-0.4, -0.2) is 16.2 Å². The Balaban J connectivity index is 2.47. The van der Waals surface area contributed by atoms with Crippen molar-refractivity contribution in [3.05, 3.63) is 29.7 Å². The average Bonchev–Trinajstić information content (AvgIpc) is 2.82. The van der Waals surface area contributed by atoms with Crippen LogP contribution in [0, 0.1) is 5.92 Å². The molecule has 0 atom stereocenters. The van der Waals surface area contributed by atoms with E-state index >= 15 is 0 Å². The van der Waals surface area contributed by atoms with E-state index < -0.39 is 5.97 Å². The van der Waals surface area contributed by atoms with Gasteiger partial charge in [0.2, 0.25) is 0 Å². The lowest BCUT2D eigenvalue weighted by atomic mass is 10.0. The maximum atomic E-state index is 11.2. The molecule has 0 fully saturated rings. The Morgan fingerprint density at radius 3 is 2.82 bits per heavy atom. The van der Waals surface area contributed by atoms with Crippen molar-refractivity contribution in [3.8, 4) is 11.5 Å². The molecular weight excluding hydrogens is 222 g/mol. The van der Waals surface area contributed by atoms with Crippen LogP contribution in [0.3, 0.4) is 0 Å². The lowest BCUT2D eigenvalue weighted by molar-refractivity contribution is 0.0694. The van der Waals surface area contributed by atoms with E-state index in [0.717, 1.165) is 0 Å². The number of rotatable bonds is 4. The molecule has 5 nitrogen and oxygen atoms in total. The van der Waals surface area contributed by atoms with Crippen LogP contribution < -0.4 is 0 Å². The van der Waals surface area contributed by atoms with E-state index in [1.54, 1.807) is 12.1 Å². The zero-order chi connectivity index (χ0) is 12.4. The highest BCUT2D eigenvalue weighted by Crippen LogP contribution is 2.27. The first kappa shape index (κ1) is 11.4. The van der Waals surface area contributed by atoms with Crippen LogP contribution in [0.5, 0.6) is 0 Å². The first-order valence-electron chi connectivity index (χ1n) is 5.35. The monoisotopic (exact) mass is 235 g/mol. The molecule has 0 spiro atoms. The number of nitrogens with zero attached hydrogens (tertiary/aromatic N) is 1. The maximum absolute atomic E-state index is 11.2. The lowest BCUT2D eigenvalue weighted by Crippen LogP contribution is -2.03. The standard InChI is InChI=1S/C12H13NO4/c1-7(2)6-9-10(12(14)15)11(13-17-9)8-4-3-5-16-8/h3-5,7H,6H2,1-2H3,(H,14,15). The van der Waals surface area contributed by atoms with Crippen LogP contribution in [0.25, 0.3) is 11.5 Å². The second kappa shape index (κ2) is 4.45. The molecule has 0 radical (unpaired) electrons. The number of hydrogen-bond donors (Lipinski definition) is 1. The van der Waals surface area contributed by atoms with Gasteiger partial charge in [-0.15, -0.1) is 0 Å². The summed E-state index contributed by atoms with van der Waals surface area (Å²) in [7, 11) is 0. The van der Waals surface area contributed by atoms with Crippen molar-refractivity contribution in [2.75, 3.05) is 0 Å². The van der Waals surface area contributed by atoms with Gasteiger partial charge in [-0.1, -0.05) is 19.0 Å². The molecule has 2 heterocycles. The lowest BCUT2D eigenvalue weighted by Gasteiger charge is -2.01. The summed E-state index contributed by atoms with van der Waals surface area (Å²) in [5.74, 6) is 0.0406. The molecule has 0 amide bonds. The highest BCUT2D eigenvalue weighted by atomic mass is 16.5. The highest BCUT2D eigenvalue weighted by molar-refractivity contribution is 5.95. The minimum Gasteiger partial charge on any atom is -0.477 e. The Hall–Kier alpha value is -2.04.